The van der Waals surface area contributed by atoms with Crippen LogP contribution in [0.3, 0.4) is 0 Å². The molecule has 0 unspecified atom stereocenters. The van der Waals surface area contributed by atoms with Crippen LogP contribution in [0.15, 0.2) is 182 Å². The molecule has 10 aromatic rings. The van der Waals surface area contributed by atoms with Gasteiger partial charge in [0.25, 0.3) is 0 Å². The lowest BCUT2D eigenvalue weighted by Gasteiger charge is -2.27. The highest BCUT2D eigenvalue weighted by Crippen LogP contribution is 2.49. The molecular formula is C46H30N2S. The maximum atomic E-state index is 2.48. The van der Waals surface area contributed by atoms with Crippen LogP contribution < -0.4 is 4.90 Å². The molecule has 3 heteroatoms. The monoisotopic (exact) mass is 642 g/mol. The number of fused-ring (bicyclic) bond motifs is 8. The highest BCUT2D eigenvalue weighted by molar-refractivity contribution is 7.27. The van der Waals surface area contributed by atoms with Crippen molar-refractivity contribution >= 4 is 81.1 Å². The second kappa shape index (κ2) is 11.2. The van der Waals surface area contributed by atoms with Gasteiger partial charge in [-0.15, -0.1) is 11.3 Å². The second-order valence-corrected chi connectivity index (χ2v) is 13.5. The summed E-state index contributed by atoms with van der Waals surface area (Å²) in [5.41, 5.74) is 9.42. The van der Waals surface area contributed by atoms with Gasteiger partial charge in [0.05, 0.1) is 27.1 Å². The Morgan fingerprint density at radius 3 is 1.84 bits per heavy atom. The van der Waals surface area contributed by atoms with E-state index in [0.717, 1.165) is 17.1 Å². The molecule has 2 heterocycles. The van der Waals surface area contributed by atoms with E-state index in [2.05, 4.69) is 191 Å². The lowest BCUT2D eigenvalue weighted by molar-refractivity contribution is 1.18. The molecule has 0 saturated carbocycles. The Bertz CT molecular complexity index is 2810. The van der Waals surface area contributed by atoms with E-state index >= 15 is 0 Å². The summed E-state index contributed by atoms with van der Waals surface area (Å²) in [7, 11) is 0. The summed E-state index contributed by atoms with van der Waals surface area (Å²) in [6.45, 7) is 0. The van der Waals surface area contributed by atoms with Gasteiger partial charge in [-0.25, -0.2) is 0 Å². The van der Waals surface area contributed by atoms with Crippen molar-refractivity contribution in [2.45, 2.75) is 0 Å². The van der Waals surface area contributed by atoms with E-state index in [9.17, 15) is 0 Å². The Kier molecular flexibility index (Phi) is 6.39. The van der Waals surface area contributed by atoms with Crippen LogP contribution in [0.1, 0.15) is 0 Å². The number of anilines is 3. The molecular weight excluding hydrogens is 613 g/mol. The third-order valence-corrected chi connectivity index (χ3v) is 11.0. The number of rotatable bonds is 5. The van der Waals surface area contributed by atoms with Crippen molar-refractivity contribution in [2.24, 2.45) is 0 Å². The Hall–Kier alpha value is -6.16. The molecule has 0 fully saturated rings. The maximum Gasteiger partial charge on any atom is 0.0640 e. The van der Waals surface area contributed by atoms with E-state index in [0.29, 0.717) is 0 Å². The van der Waals surface area contributed by atoms with Gasteiger partial charge in [-0.05, 0) is 70.4 Å². The molecule has 0 atom stereocenters. The average molecular weight is 643 g/mol. The smallest absolute Gasteiger partial charge is 0.0640 e. The zero-order valence-electron chi connectivity index (χ0n) is 26.6. The maximum absolute atomic E-state index is 2.48. The first kappa shape index (κ1) is 27.9. The lowest BCUT2D eigenvalue weighted by atomic mass is 10.0. The molecule has 0 aliphatic heterocycles. The number of hydrogen-bond acceptors (Lipinski definition) is 2. The number of para-hydroxylation sites is 2. The second-order valence-electron chi connectivity index (χ2n) is 12.5. The van der Waals surface area contributed by atoms with Crippen molar-refractivity contribution in [3.05, 3.63) is 182 Å². The van der Waals surface area contributed by atoms with E-state index in [4.69, 9.17) is 0 Å². The Morgan fingerprint density at radius 2 is 1.00 bits per heavy atom. The SMILES string of the molecule is c1ccc(-c2ccc(N(c3cccc4c3sc3c5ccccc5ccc43)c3cccc4c3c3ccccc3n4-c3ccccc3)cc2)cc1. The fourth-order valence-corrected chi connectivity index (χ4v) is 8.91. The summed E-state index contributed by atoms with van der Waals surface area (Å²) >= 11 is 1.90. The molecule has 10 rings (SSSR count). The molecule has 0 aliphatic rings. The first-order valence-corrected chi connectivity index (χ1v) is 17.5. The topological polar surface area (TPSA) is 8.17 Å². The first-order valence-electron chi connectivity index (χ1n) is 16.7. The summed E-state index contributed by atoms with van der Waals surface area (Å²) in [5, 5.41) is 7.63. The minimum absolute atomic E-state index is 1.12. The zero-order chi connectivity index (χ0) is 32.3. The van der Waals surface area contributed by atoms with Crippen LogP contribution in [0.4, 0.5) is 17.1 Å². The van der Waals surface area contributed by atoms with Gasteiger partial charge in [-0.1, -0.05) is 133 Å². The van der Waals surface area contributed by atoms with Crippen LogP contribution in [-0.4, -0.2) is 4.57 Å². The van der Waals surface area contributed by atoms with Crippen molar-refractivity contribution < 1.29 is 0 Å². The Balaban J connectivity index is 1.28. The summed E-state index contributed by atoms with van der Waals surface area (Å²) in [5.74, 6) is 0. The third kappa shape index (κ3) is 4.40. The highest BCUT2D eigenvalue weighted by atomic mass is 32.1. The predicted octanol–water partition coefficient (Wildman–Crippen LogP) is 13.4. The zero-order valence-corrected chi connectivity index (χ0v) is 27.4. The Morgan fingerprint density at radius 1 is 0.388 bits per heavy atom. The molecule has 230 valence electrons. The lowest BCUT2D eigenvalue weighted by Crippen LogP contribution is -2.10. The largest absolute Gasteiger partial charge is 0.309 e. The molecule has 8 aromatic carbocycles. The fourth-order valence-electron chi connectivity index (χ4n) is 7.57. The molecule has 0 radical (unpaired) electrons. The standard InChI is InChI=1S/C46H30N2S/c1-3-13-31(14-4-1)32-25-28-35(29-26-32)48(43-24-11-20-37-38-30-27-33-15-7-8-18-36(33)45(38)49-46(37)43)42-23-12-22-41-44(42)39-19-9-10-21-40(39)47(41)34-16-5-2-6-17-34/h1-30H. The molecule has 2 nitrogen and oxygen atoms in total. The molecule has 0 aliphatic carbocycles. The van der Waals surface area contributed by atoms with Crippen LogP contribution in [0, 0.1) is 0 Å². The molecule has 0 saturated heterocycles. The predicted molar refractivity (Wildman–Crippen MR) is 211 cm³/mol. The van der Waals surface area contributed by atoms with Crippen LogP contribution >= 0.6 is 11.3 Å². The van der Waals surface area contributed by atoms with Gasteiger partial charge >= 0.3 is 0 Å². The van der Waals surface area contributed by atoms with E-state index in [1.54, 1.807) is 0 Å². The van der Waals surface area contributed by atoms with Crippen LogP contribution in [-0.2, 0) is 0 Å². The van der Waals surface area contributed by atoms with Crippen molar-refractivity contribution in [2.75, 3.05) is 4.90 Å². The number of thiophene rings is 1. The molecule has 49 heavy (non-hydrogen) atoms. The molecule has 0 N–H and O–H groups in total. The Labute approximate surface area is 288 Å². The van der Waals surface area contributed by atoms with Crippen molar-refractivity contribution in [1.82, 2.24) is 4.57 Å². The van der Waals surface area contributed by atoms with Gasteiger partial charge in [-0.2, -0.15) is 0 Å². The van der Waals surface area contributed by atoms with Gasteiger partial charge < -0.3 is 9.47 Å². The van der Waals surface area contributed by atoms with Gasteiger partial charge in [-0.3, -0.25) is 0 Å². The summed E-state index contributed by atoms with van der Waals surface area (Å²) in [6.07, 6.45) is 0. The number of nitrogens with zero attached hydrogens (tertiary/aromatic N) is 2. The van der Waals surface area contributed by atoms with Crippen LogP contribution in [0.25, 0.3) is 69.6 Å². The van der Waals surface area contributed by atoms with Crippen molar-refractivity contribution in [1.29, 1.82) is 0 Å². The van der Waals surface area contributed by atoms with E-state index in [-0.39, 0.29) is 0 Å². The van der Waals surface area contributed by atoms with Crippen LogP contribution in [0.2, 0.25) is 0 Å². The molecule has 2 aromatic heterocycles. The van der Waals surface area contributed by atoms with Crippen molar-refractivity contribution in [3.8, 4) is 16.8 Å². The van der Waals surface area contributed by atoms with E-state index < -0.39 is 0 Å². The van der Waals surface area contributed by atoms with E-state index in [1.165, 1.54) is 69.6 Å². The van der Waals surface area contributed by atoms with Gasteiger partial charge in [0, 0.05) is 37.6 Å². The number of benzene rings is 8. The number of aromatic nitrogens is 1. The molecule has 0 amide bonds. The highest BCUT2D eigenvalue weighted by Gasteiger charge is 2.23. The van der Waals surface area contributed by atoms with Crippen molar-refractivity contribution in [3.63, 3.8) is 0 Å². The van der Waals surface area contributed by atoms with Crippen LogP contribution in [0.5, 0.6) is 0 Å². The molecule has 0 bridgehead atoms. The van der Waals surface area contributed by atoms with Gasteiger partial charge in [0.15, 0.2) is 0 Å². The quantitative estimate of drug-likeness (QED) is 0.181. The summed E-state index contributed by atoms with van der Waals surface area (Å²) < 4.78 is 5.01. The molecule has 0 spiro atoms. The van der Waals surface area contributed by atoms with E-state index in [1.807, 2.05) is 11.3 Å². The van der Waals surface area contributed by atoms with Gasteiger partial charge in [0.1, 0.15) is 0 Å². The normalized spacial score (nSPS) is 11.7. The van der Waals surface area contributed by atoms with Gasteiger partial charge in [0.2, 0.25) is 0 Å². The fraction of sp³-hybridized carbons (Fsp3) is 0. The number of hydrogen-bond donors (Lipinski definition) is 0. The minimum Gasteiger partial charge on any atom is -0.309 e. The average Bonchev–Trinajstić information content (AvgIpc) is 3.73. The minimum atomic E-state index is 1.12. The third-order valence-electron chi connectivity index (χ3n) is 9.77. The summed E-state index contributed by atoms with van der Waals surface area (Å²) in [6, 6.07) is 66.0. The summed E-state index contributed by atoms with van der Waals surface area (Å²) in [4.78, 5) is 2.48. The first-order chi connectivity index (χ1) is 24.3.